The van der Waals surface area contributed by atoms with Crippen molar-refractivity contribution in [2.75, 3.05) is 12.0 Å². The van der Waals surface area contributed by atoms with Gasteiger partial charge in [-0.1, -0.05) is 13.8 Å². The number of nitrogens with two attached hydrogens (primary N) is 1. The first-order valence-corrected chi connectivity index (χ1v) is 7.94. The zero-order valence-corrected chi connectivity index (χ0v) is 14.2. The molecular formula is C12H24BN2O7S. The Bertz CT molecular complexity index is 363. The fourth-order valence-electron chi connectivity index (χ4n) is 1.15. The Labute approximate surface area is 140 Å². The number of carbonyl (C=O) groups is 2. The van der Waals surface area contributed by atoms with Gasteiger partial charge in [0.15, 0.2) is 6.04 Å². The number of rotatable bonds is 8. The Morgan fingerprint density at radius 1 is 1.26 bits per heavy atom. The van der Waals surface area contributed by atoms with Crippen LogP contribution in [0.1, 0.15) is 26.7 Å². The molecular weight excluding hydrogens is 327 g/mol. The van der Waals surface area contributed by atoms with E-state index < -0.39 is 24.0 Å². The molecule has 9 nitrogen and oxygen atoms in total. The number of carboxylic acid groups (broad SMARTS) is 2. The van der Waals surface area contributed by atoms with E-state index in [0.29, 0.717) is 24.5 Å². The monoisotopic (exact) mass is 351 g/mol. The molecule has 1 radical (unpaired) electrons. The lowest BCUT2D eigenvalue weighted by molar-refractivity contribution is -0.139. The molecule has 0 aromatic rings. The average molecular weight is 351 g/mol. The summed E-state index contributed by atoms with van der Waals surface area (Å²) in [4.78, 5) is 33.3. The lowest BCUT2D eigenvalue weighted by Gasteiger charge is -2.07. The Balaban J connectivity index is -0.000000301. The van der Waals surface area contributed by atoms with Crippen molar-refractivity contribution in [2.24, 2.45) is 16.6 Å². The zero-order chi connectivity index (χ0) is 18.8. The van der Waals surface area contributed by atoms with Crippen LogP contribution in [0.15, 0.2) is 4.99 Å². The second-order valence-electron chi connectivity index (χ2n) is 4.55. The Morgan fingerprint density at radius 3 is 1.96 bits per heavy atom. The molecule has 2 atom stereocenters. The average Bonchev–Trinajstić information content (AvgIpc) is 2.44. The Kier molecular flexibility index (Phi) is 21.5. The third kappa shape index (κ3) is 23.0. The molecule has 0 amide bonds. The van der Waals surface area contributed by atoms with Crippen LogP contribution >= 0.6 is 11.8 Å². The van der Waals surface area contributed by atoms with Crippen LogP contribution in [0.25, 0.3) is 0 Å². The Morgan fingerprint density at radius 2 is 1.74 bits per heavy atom. The molecule has 0 rings (SSSR count). The molecule has 0 fully saturated rings. The number of isocyanates is 1. The predicted octanol–water partition coefficient (Wildman–Crippen LogP) is -0.522. The van der Waals surface area contributed by atoms with Crippen LogP contribution in [-0.2, 0) is 14.4 Å². The summed E-state index contributed by atoms with van der Waals surface area (Å²) < 4.78 is 0. The molecule has 0 aliphatic carbocycles. The summed E-state index contributed by atoms with van der Waals surface area (Å²) in [5.41, 5.74) is 5.22. The van der Waals surface area contributed by atoms with Crippen molar-refractivity contribution in [3.05, 3.63) is 0 Å². The van der Waals surface area contributed by atoms with Crippen LogP contribution in [-0.4, -0.2) is 70.1 Å². The molecule has 0 spiro atoms. The predicted molar refractivity (Wildman–Crippen MR) is 87.8 cm³/mol. The maximum atomic E-state index is 10.3. The zero-order valence-electron chi connectivity index (χ0n) is 13.4. The minimum absolute atomic E-state index is 0. The summed E-state index contributed by atoms with van der Waals surface area (Å²) in [7, 11) is 0. The smallest absolute Gasteiger partial charge is 0.480 e. The fraction of sp³-hybridized carbons (Fsp3) is 0.750. The van der Waals surface area contributed by atoms with Crippen molar-refractivity contribution in [1.82, 2.24) is 0 Å². The van der Waals surface area contributed by atoms with E-state index in [1.807, 2.05) is 20.1 Å². The molecule has 0 heterocycles. The van der Waals surface area contributed by atoms with Gasteiger partial charge in [0.25, 0.3) is 0 Å². The summed E-state index contributed by atoms with van der Waals surface area (Å²) in [5, 5.41) is 30.8. The summed E-state index contributed by atoms with van der Waals surface area (Å²) in [6, 6.07) is -1.61. The van der Waals surface area contributed by atoms with Crippen LogP contribution < -0.4 is 5.73 Å². The molecule has 0 aliphatic heterocycles. The van der Waals surface area contributed by atoms with E-state index >= 15 is 0 Å². The topological polar surface area (TPSA) is 171 Å². The highest BCUT2D eigenvalue weighted by atomic mass is 32.2. The van der Waals surface area contributed by atoms with Gasteiger partial charge in [-0.05, 0) is 30.8 Å². The first kappa shape index (κ1) is 26.5. The van der Waals surface area contributed by atoms with E-state index in [1.165, 1.54) is 17.8 Å². The number of aliphatic carboxylic acids is 2. The third-order valence-corrected chi connectivity index (χ3v) is 2.78. The second-order valence-corrected chi connectivity index (χ2v) is 5.53. The largest absolute Gasteiger partial charge is 0.482 e. The Hall–Kier alpha value is -1.39. The van der Waals surface area contributed by atoms with Gasteiger partial charge in [-0.3, -0.25) is 4.79 Å². The van der Waals surface area contributed by atoms with Gasteiger partial charge in [0.1, 0.15) is 6.04 Å². The minimum atomic E-state index is -1.07. The van der Waals surface area contributed by atoms with Crippen molar-refractivity contribution in [1.29, 1.82) is 0 Å². The van der Waals surface area contributed by atoms with Crippen molar-refractivity contribution < 1.29 is 34.6 Å². The third-order valence-electron chi connectivity index (χ3n) is 2.13. The highest BCUT2D eigenvalue weighted by Crippen LogP contribution is 2.03. The van der Waals surface area contributed by atoms with Crippen molar-refractivity contribution in [3.8, 4) is 0 Å². The molecule has 0 aliphatic rings. The lowest BCUT2D eigenvalue weighted by atomic mass is 10.1. The number of nitrogens with zero attached hydrogens (tertiary/aromatic N) is 1. The molecule has 0 saturated carbocycles. The van der Waals surface area contributed by atoms with E-state index in [9.17, 15) is 14.4 Å². The van der Waals surface area contributed by atoms with Gasteiger partial charge in [0, 0.05) is 0 Å². The fourth-order valence-corrected chi connectivity index (χ4v) is 1.60. The van der Waals surface area contributed by atoms with Crippen molar-refractivity contribution >= 4 is 37.5 Å². The van der Waals surface area contributed by atoms with Crippen LogP contribution in [0.2, 0.25) is 0 Å². The van der Waals surface area contributed by atoms with Gasteiger partial charge >= 0.3 is 19.6 Å². The first-order chi connectivity index (χ1) is 10.7. The van der Waals surface area contributed by atoms with Gasteiger partial charge in [0.2, 0.25) is 6.08 Å². The van der Waals surface area contributed by atoms with Gasteiger partial charge < -0.3 is 26.0 Å². The van der Waals surface area contributed by atoms with E-state index in [4.69, 9.17) is 26.0 Å². The molecule has 6 N–H and O–H groups in total. The highest BCUT2D eigenvalue weighted by molar-refractivity contribution is 7.98. The maximum Gasteiger partial charge on any atom is 0.482 e. The van der Waals surface area contributed by atoms with Crippen LogP contribution in [0.5, 0.6) is 0 Å². The van der Waals surface area contributed by atoms with E-state index in [1.54, 1.807) is 0 Å². The number of aliphatic imine (C=N–C) groups is 1. The van der Waals surface area contributed by atoms with Gasteiger partial charge in [-0.15, -0.1) is 0 Å². The SMILES string of the molecule is CC(C)C[C@H](N)C(=O)O.CSCC[C@H](N=C=O)C(=O)O.O[B]O. The van der Waals surface area contributed by atoms with Crippen LogP contribution in [0.3, 0.4) is 0 Å². The second kappa shape index (κ2) is 18.7. The normalized spacial score (nSPS) is 11.6. The number of carboxylic acids is 2. The summed E-state index contributed by atoms with van der Waals surface area (Å²) in [6.45, 7) is 3.89. The minimum Gasteiger partial charge on any atom is -0.480 e. The van der Waals surface area contributed by atoms with Gasteiger partial charge in [-0.25, -0.2) is 9.59 Å². The maximum absolute atomic E-state index is 10.3. The van der Waals surface area contributed by atoms with Crippen molar-refractivity contribution in [2.45, 2.75) is 38.8 Å². The molecule has 0 unspecified atom stereocenters. The van der Waals surface area contributed by atoms with Crippen LogP contribution in [0, 0.1) is 5.92 Å². The van der Waals surface area contributed by atoms with Gasteiger partial charge in [0.05, 0.1) is 0 Å². The molecule has 0 bridgehead atoms. The summed E-state index contributed by atoms with van der Waals surface area (Å²) in [5.74, 6) is -0.940. The number of thioether (sulfide) groups is 1. The first-order valence-electron chi connectivity index (χ1n) is 6.54. The van der Waals surface area contributed by atoms with E-state index in [2.05, 4.69) is 4.99 Å². The summed E-state index contributed by atoms with van der Waals surface area (Å²) in [6.07, 6.45) is 4.04. The molecule has 0 saturated heterocycles. The van der Waals surface area contributed by atoms with E-state index in [0.717, 1.165) is 0 Å². The molecule has 11 heteroatoms. The number of hydrogen-bond donors (Lipinski definition) is 5. The standard InChI is InChI=1S/C6H9NO3S.C6H13NO2.BH2O2/c1-11-3-2-5(6(9)10)7-4-8;1-4(2)3-5(7)6(8)9;2-1-3/h5H,2-3H2,1H3,(H,9,10);4-5H,3,7H2,1-2H3,(H,8,9);2-3H/t2*5-;/m00./s1. The van der Waals surface area contributed by atoms with Crippen molar-refractivity contribution in [3.63, 3.8) is 0 Å². The quantitative estimate of drug-likeness (QED) is 0.219. The van der Waals surface area contributed by atoms with E-state index in [-0.39, 0.29) is 7.69 Å². The number of hydrogen-bond acceptors (Lipinski definition) is 8. The molecule has 23 heavy (non-hydrogen) atoms. The number of carbonyl (C=O) groups excluding carboxylic acids is 1. The molecule has 133 valence electrons. The molecule has 0 aromatic heterocycles. The lowest BCUT2D eigenvalue weighted by Crippen LogP contribution is -2.31. The molecule has 0 aromatic carbocycles. The summed E-state index contributed by atoms with van der Waals surface area (Å²) >= 11 is 1.52. The van der Waals surface area contributed by atoms with Gasteiger partial charge in [-0.2, -0.15) is 16.8 Å². The highest BCUT2D eigenvalue weighted by Gasteiger charge is 2.14. The van der Waals surface area contributed by atoms with Crippen LogP contribution in [0.4, 0.5) is 0 Å².